The zero-order chi connectivity index (χ0) is 15.0. The highest BCUT2D eigenvalue weighted by molar-refractivity contribution is 9.10. The van der Waals surface area contributed by atoms with Gasteiger partial charge >= 0.3 is 0 Å². The first-order valence-electron chi connectivity index (χ1n) is 7.93. The highest BCUT2D eigenvalue weighted by Crippen LogP contribution is 2.41. The molecular weight excluding hydrogens is 326 g/mol. The average molecular weight is 350 g/mol. The standard InChI is InChI=1S/C18H24BrNO/c1-11-7-12(2)9-14(8-11)17(20-3)16-10-13-5-4-6-15(19)18(13)21-16/h4-6,10-12,14,17,20H,7-9H2,1-3H3. The maximum absolute atomic E-state index is 6.17. The topological polar surface area (TPSA) is 25.2 Å². The summed E-state index contributed by atoms with van der Waals surface area (Å²) in [4.78, 5) is 0. The third-order valence-electron chi connectivity index (χ3n) is 4.82. The number of furan rings is 1. The van der Waals surface area contributed by atoms with Crippen LogP contribution in [0.1, 0.15) is 44.9 Å². The van der Waals surface area contributed by atoms with Crippen molar-refractivity contribution < 1.29 is 4.42 Å². The molecule has 1 aliphatic rings. The van der Waals surface area contributed by atoms with Gasteiger partial charge in [-0.15, -0.1) is 0 Å². The normalized spacial score (nSPS) is 27.9. The van der Waals surface area contributed by atoms with Crippen LogP contribution in [0.25, 0.3) is 11.0 Å². The highest BCUT2D eigenvalue weighted by atomic mass is 79.9. The van der Waals surface area contributed by atoms with Crippen molar-refractivity contribution in [2.45, 2.75) is 39.2 Å². The summed E-state index contributed by atoms with van der Waals surface area (Å²) in [5.41, 5.74) is 0.963. The van der Waals surface area contributed by atoms with E-state index in [9.17, 15) is 0 Å². The number of halogens is 1. The molecule has 0 saturated heterocycles. The zero-order valence-corrected chi connectivity index (χ0v) is 14.6. The summed E-state index contributed by atoms with van der Waals surface area (Å²) in [7, 11) is 2.05. The zero-order valence-electron chi connectivity index (χ0n) is 13.0. The van der Waals surface area contributed by atoms with Crippen LogP contribution in [0.3, 0.4) is 0 Å². The van der Waals surface area contributed by atoms with E-state index in [1.165, 1.54) is 24.6 Å². The van der Waals surface area contributed by atoms with Gasteiger partial charge in [0.05, 0.1) is 10.5 Å². The Kier molecular flexibility index (Phi) is 4.41. The highest BCUT2D eigenvalue weighted by Gasteiger charge is 2.32. The van der Waals surface area contributed by atoms with E-state index in [-0.39, 0.29) is 0 Å². The monoisotopic (exact) mass is 349 g/mol. The lowest BCUT2D eigenvalue weighted by Gasteiger charge is -2.35. The van der Waals surface area contributed by atoms with Gasteiger partial charge in [-0.25, -0.2) is 0 Å². The van der Waals surface area contributed by atoms with Gasteiger partial charge < -0.3 is 9.73 Å². The average Bonchev–Trinajstić information content (AvgIpc) is 2.83. The van der Waals surface area contributed by atoms with E-state index in [0.29, 0.717) is 12.0 Å². The van der Waals surface area contributed by atoms with E-state index < -0.39 is 0 Å². The lowest BCUT2D eigenvalue weighted by atomic mass is 9.73. The van der Waals surface area contributed by atoms with Crippen molar-refractivity contribution in [3.05, 3.63) is 34.5 Å². The summed E-state index contributed by atoms with van der Waals surface area (Å²) in [6, 6.07) is 8.73. The third kappa shape index (κ3) is 3.04. The van der Waals surface area contributed by atoms with Crippen molar-refractivity contribution in [3.63, 3.8) is 0 Å². The number of nitrogens with one attached hydrogen (secondary N) is 1. The van der Waals surface area contributed by atoms with Gasteiger partial charge in [0, 0.05) is 5.39 Å². The number of para-hydroxylation sites is 1. The van der Waals surface area contributed by atoms with Crippen LogP contribution in [0.15, 0.2) is 33.2 Å². The van der Waals surface area contributed by atoms with E-state index in [1.807, 2.05) is 6.07 Å². The van der Waals surface area contributed by atoms with Crippen LogP contribution in [-0.2, 0) is 0 Å². The molecule has 0 aliphatic heterocycles. The molecule has 114 valence electrons. The first-order valence-corrected chi connectivity index (χ1v) is 8.73. The van der Waals surface area contributed by atoms with Crippen molar-refractivity contribution in [1.29, 1.82) is 0 Å². The molecule has 1 aromatic heterocycles. The molecule has 0 radical (unpaired) electrons. The fourth-order valence-corrected chi connectivity index (χ4v) is 4.55. The number of hydrogen-bond donors (Lipinski definition) is 1. The Morgan fingerprint density at radius 1 is 1.19 bits per heavy atom. The summed E-state index contributed by atoms with van der Waals surface area (Å²) >= 11 is 3.58. The van der Waals surface area contributed by atoms with Crippen molar-refractivity contribution in [2.75, 3.05) is 7.05 Å². The van der Waals surface area contributed by atoms with E-state index in [1.54, 1.807) is 0 Å². The summed E-state index contributed by atoms with van der Waals surface area (Å²) in [5.74, 6) is 3.36. The molecule has 1 saturated carbocycles. The molecule has 1 aliphatic carbocycles. The van der Waals surface area contributed by atoms with E-state index in [4.69, 9.17) is 4.42 Å². The third-order valence-corrected chi connectivity index (χ3v) is 5.44. The molecule has 3 atom stereocenters. The molecule has 3 heteroatoms. The van der Waals surface area contributed by atoms with Gasteiger partial charge in [0.15, 0.2) is 0 Å². The maximum atomic E-state index is 6.17. The minimum atomic E-state index is 0.314. The molecule has 1 heterocycles. The molecule has 2 nitrogen and oxygen atoms in total. The minimum Gasteiger partial charge on any atom is -0.458 e. The van der Waals surface area contributed by atoms with E-state index >= 15 is 0 Å². The molecule has 2 aromatic rings. The molecule has 1 fully saturated rings. The van der Waals surface area contributed by atoms with Crippen LogP contribution in [0.4, 0.5) is 0 Å². The second-order valence-electron chi connectivity index (χ2n) is 6.75. The Balaban J connectivity index is 1.92. The fourth-order valence-electron chi connectivity index (χ4n) is 4.09. The van der Waals surface area contributed by atoms with E-state index in [0.717, 1.165) is 27.7 Å². The largest absolute Gasteiger partial charge is 0.458 e. The Hall–Kier alpha value is -0.800. The number of fused-ring (bicyclic) bond motifs is 1. The number of benzene rings is 1. The predicted molar refractivity (Wildman–Crippen MR) is 91.4 cm³/mol. The van der Waals surface area contributed by atoms with Crippen molar-refractivity contribution in [1.82, 2.24) is 5.32 Å². The molecule has 21 heavy (non-hydrogen) atoms. The summed E-state index contributed by atoms with van der Waals surface area (Å²) in [6.07, 6.45) is 3.93. The van der Waals surface area contributed by atoms with Gasteiger partial charge in [-0.1, -0.05) is 26.0 Å². The van der Waals surface area contributed by atoms with Crippen LogP contribution in [0.2, 0.25) is 0 Å². The number of hydrogen-bond acceptors (Lipinski definition) is 2. The van der Waals surface area contributed by atoms with Crippen LogP contribution < -0.4 is 5.32 Å². The fraction of sp³-hybridized carbons (Fsp3) is 0.556. The quantitative estimate of drug-likeness (QED) is 0.788. The molecule has 0 bridgehead atoms. The van der Waals surface area contributed by atoms with Crippen molar-refractivity contribution in [3.8, 4) is 0 Å². The van der Waals surface area contributed by atoms with Crippen LogP contribution in [0, 0.1) is 17.8 Å². The van der Waals surface area contributed by atoms with Crippen LogP contribution in [0.5, 0.6) is 0 Å². The lowest BCUT2D eigenvalue weighted by molar-refractivity contribution is 0.170. The molecule has 3 unspecified atom stereocenters. The Morgan fingerprint density at radius 2 is 1.90 bits per heavy atom. The molecule has 1 N–H and O–H groups in total. The minimum absolute atomic E-state index is 0.314. The Bertz CT molecular complexity index is 611. The molecule has 3 rings (SSSR count). The van der Waals surface area contributed by atoms with Gasteiger partial charge in [0.25, 0.3) is 0 Å². The van der Waals surface area contributed by atoms with Crippen molar-refractivity contribution in [2.24, 2.45) is 17.8 Å². The predicted octanol–water partition coefficient (Wildman–Crippen LogP) is 5.53. The number of rotatable bonds is 3. The van der Waals surface area contributed by atoms with Crippen LogP contribution in [-0.4, -0.2) is 7.05 Å². The van der Waals surface area contributed by atoms with Gasteiger partial charge in [0.2, 0.25) is 0 Å². The summed E-state index contributed by atoms with van der Waals surface area (Å²) in [6.45, 7) is 4.76. The SMILES string of the molecule is CNC(c1cc2cccc(Br)c2o1)C1CC(C)CC(C)C1. The van der Waals surface area contributed by atoms with Crippen LogP contribution >= 0.6 is 15.9 Å². The van der Waals surface area contributed by atoms with Gasteiger partial charge in [-0.05, 0) is 72.1 Å². The lowest BCUT2D eigenvalue weighted by Crippen LogP contribution is -2.31. The Morgan fingerprint density at radius 3 is 2.52 bits per heavy atom. The smallest absolute Gasteiger partial charge is 0.148 e. The van der Waals surface area contributed by atoms with Gasteiger partial charge in [0.1, 0.15) is 11.3 Å². The molecule has 0 amide bonds. The van der Waals surface area contributed by atoms with E-state index in [2.05, 4.69) is 60.3 Å². The second-order valence-corrected chi connectivity index (χ2v) is 7.61. The second kappa shape index (κ2) is 6.13. The summed E-state index contributed by atoms with van der Waals surface area (Å²) in [5, 5.41) is 4.68. The molecule has 0 spiro atoms. The molecular formula is C18H24BrNO. The Labute approximate surface area is 135 Å². The maximum Gasteiger partial charge on any atom is 0.148 e. The molecule has 1 aromatic carbocycles. The first kappa shape index (κ1) is 15.1. The van der Waals surface area contributed by atoms with Gasteiger partial charge in [-0.3, -0.25) is 0 Å². The van der Waals surface area contributed by atoms with Gasteiger partial charge in [-0.2, -0.15) is 0 Å². The first-order chi connectivity index (χ1) is 10.1. The van der Waals surface area contributed by atoms with Crippen molar-refractivity contribution >= 4 is 26.9 Å². The summed E-state index contributed by atoms with van der Waals surface area (Å²) < 4.78 is 7.20.